The van der Waals surface area contributed by atoms with Gasteiger partial charge in [-0.15, -0.1) is 15.3 Å². The van der Waals surface area contributed by atoms with Gasteiger partial charge in [0.2, 0.25) is 5.82 Å². The third-order valence-corrected chi connectivity index (χ3v) is 4.34. The molecule has 4 aromatic rings. The summed E-state index contributed by atoms with van der Waals surface area (Å²) in [7, 11) is 0. The summed E-state index contributed by atoms with van der Waals surface area (Å²) in [5.41, 5.74) is 3.36. The molecular weight excluding hydrogens is 338 g/mol. The van der Waals surface area contributed by atoms with Crippen molar-refractivity contribution in [1.82, 2.24) is 45.0 Å². The van der Waals surface area contributed by atoms with E-state index in [1.807, 2.05) is 10.6 Å². The average molecular weight is 351 g/mol. The Morgan fingerprint density at radius 3 is 2.85 bits per heavy atom. The Morgan fingerprint density at radius 1 is 1.27 bits per heavy atom. The van der Waals surface area contributed by atoms with Gasteiger partial charge in [0.1, 0.15) is 5.65 Å². The number of rotatable bonds is 5. The number of carbonyl (C=O) groups is 1. The molecule has 0 bridgehead atoms. The van der Waals surface area contributed by atoms with Gasteiger partial charge in [-0.25, -0.2) is 14.5 Å². The highest BCUT2D eigenvalue weighted by atomic mass is 16.4. The fourth-order valence-corrected chi connectivity index (χ4v) is 2.97. The van der Waals surface area contributed by atoms with Gasteiger partial charge in [-0.3, -0.25) is 0 Å². The SMILES string of the molecule is O=C(O)c1cn(Cc2cn3cc(C4CC4)cc(-c4nn[nH]n4)c3n2)nn1. The van der Waals surface area contributed by atoms with Gasteiger partial charge in [0.05, 0.1) is 24.0 Å². The van der Waals surface area contributed by atoms with E-state index in [2.05, 4.69) is 48.2 Å². The first kappa shape index (κ1) is 14.7. The molecule has 26 heavy (non-hydrogen) atoms. The van der Waals surface area contributed by atoms with E-state index < -0.39 is 5.97 Å². The van der Waals surface area contributed by atoms with Crippen LogP contribution in [0.3, 0.4) is 0 Å². The molecule has 0 spiro atoms. The maximum atomic E-state index is 10.9. The van der Waals surface area contributed by atoms with Crippen molar-refractivity contribution in [3.05, 3.63) is 41.6 Å². The number of aromatic nitrogens is 9. The van der Waals surface area contributed by atoms with Crippen molar-refractivity contribution in [2.45, 2.75) is 25.3 Å². The van der Waals surface area contributed by atoms with Crippen LogP contribution in [0.5, 0.6) is 0 Å². The van der Waals surface area contributed by atoms with Crippen molar-refractivity contribution >= 4 is 11.6 Å². The zero-order valence-corrected chi connectivity index (χ0v) is 13.4. The van der Waals surface area contributed by atoms with Crippen LogP contribution in [0.1, 0.15) is 40.5 Å². The number of aromatic carboxylic acids is 1. The fraction of sp³-hybridized carbons (Fsp3) is 0.267. The minimum atomic E-state index is -1.11. The van der Waals surface area contributed by atoms with Crippen molar-refractivity contribution in [1.29, 1.82) is 0 Å². The zero-order chi connectivity index (χ0) is 17.7. The molecule has 4 heterocycles. The molecule has 0 atom stereocenters. The number of hydrogen-bond acceptors (Lipinski definition) is 7. The van der Waals surface area contributed by atoms with Gasteiger partial charge in [-0.2, -0.15) is 5.21 Å². The number of imidazole rings is 1. The molecular formula is C15H13N9O2. The second-order valence-corrected chi connectivity index (χ2v) is 6.27. The smallest absolute Gasteiger partial charge is 0.358 e. The molecule has 0 aromatic carbocycles. The van der Waals surface area contributed by atoms with Gasteiger partial charge in [-0.05, 0) is 35.6 Å². The molecule has 0 unspecified atom stereocenters. The molecule has 1 saturated carbocycles. The molecule has 2 N–H and O–H groups in total. The van der Waals surface area contributed by atoms with Gasteiger partial charge < -0.3 is 9.51 Å². The number of hydrogen-bond donors (Lipinski definition) is 2. The summed E-state index contributed by atoms with van der Waals surface area (Å²) >= 11 is 0. The van der Waals surface area contributed by atoms with Gasteiger partial charge >= 0.3 is 5.97 Å². The Morgan fingerprint density at radius 2 is 2.15 bits per heavy atom. The number of aromatic amines is 1. The van der Waals surface area contributed by atoms with Gasteiger partial charge in [0.25, 0.3) is 0 Å². The molecule has 130 valence electrons. The quantitative estimate of drug-likeness (QED) is 0.536. The third-order valence-electron chi connectivity index (χ3n) is 4.34. The van der Waals surface area contributed by atoms with Crippen LogP contribution in [0, 0.1) is 0 Å². The molecule has 11 nitrogen and oxygen atoms in total. The van der Waals surface area contributed by atoms with Crippen LogP contribution in [0.4, 0.5) is 0 Å². The molecule has 1 aliphatic rings. The second-order valence-electron chi connectivity index (χ2n) is 6.27. The monoisotopic (exact) mass is 351 g/mol. The normalized spacial score (nSPS) is 14.2. The largest absolute Gasteiger partial charge is 0.476 e. The van der Waals surface area contributed by atoms with Crippen LogP contribution in [0.15, 0.2) is 24.7 Å². The fourth-order valence-electron chi connectivity index (χ4n) is 2.97. The van der Waals surface area contributed by atoms with Crippen LogP contribution in [0.2, 0.25) is 0 Å². The molecule has 0 saturated heterocycles. The van der Waals surface area contributed by atoms with Crippen molar-refractivity contribution in [3.63, 3.8) is 0 Å². The number of carboxylic acids is 1. The Balaban J connectivity index is 1.57. The summed E-state index contributed by atoms with van der Waals surface area (Å²) in [5.74, 6) is -0.0624. The topological polar surface area (TPSA) is 140 Å². The van der Waals surface area contributed by atoms with E-state index in [1.165, 1.54) is 29.3 Å². The van der Waals surface area contributed by atoms with E-state index >= 15 is 0 Å². The first-order chi connectivity index (χ1) is 12.7. The first-order valence-corrected chi connectivity index (χ1v) is 8.06. The number of tetrazole rings is 1. The standard InChI is InChI=1S/C15H13N9O2/c25-15(26)12-7-24(22-17-12)6-10-5-23-4-9(8-1-2-8)3-11(14(23)16-10)13-18-20-21-19-13/h3-5,7-8H,1-2,6H2,(H,25,26)(H,18,19,20,21). The molecule has 0 radical (unpaired) electrons. The lowest BCUT2D eigenvalue weighted by Crippen LogP contribution is -2.00. The summed E-state index contributed by atoms with van der Waals surface area (Å²) in [6.45, 7) is 0.312. The van der Waals surface area contributed by atoms with Crippen LogP contribution < -0.4 is 0 Å². The number of fused-ring (bicyclic) bond motifs is 1. The lowest BCUT2D eigenvalue weighted by Gasteiger charge is -2.04. The molecule has 11 heteroatoms. The van der Waals surface area contributed by atoms with Crippen LogP contribution in [0.25, 0.3) is 17.0 Å². The van der Waals surface area contributed by atoms with Gasteiger partial charge in [0.15, 0.2) is 5.69 Å². The Kier molecular flexibility index (Phi) is 3.07. The van der Waals surface area contributed by atoms with E-state index in [1.54, 1.807) is 0 Å². The number of nitrogens with zero attached hydrogens (tertiary/aromatic N) is 8. The summed E-state index contributed by atoms with van der Waals surface area (Å²) in [5, 5.41) is 30.7. The summed E-state index contributed by atoms with van der Waals surface area (Å²) in [4.78, 5) is 15.6. The number of carboxylic acid groups (broad SMARTS) is 1. The third kappa shape index (κ3) is 2.49. The summed E-state index contributed by atoms with van der Waals surface area (Å²) in [6.07, 6.45) is 7.69. The summed E-state index contributed by atoms with van der Waals surface area (Å²) < 4.78 is 3.39. The predicted octanol–water partition coefficient (Wildman–Crippen LogP) is 0.730. The van der Waals surface area contributed by atoms with Crippen LogP contribution in [-0.2, 0) is 6.54 Å². The minimum absolute atomic E-state index is 0.0998. The lowest BCUT2D eigenvalue weighted by molar-refractivity contribution is 0.0690. The van der Waals surface area contributed by atoms with Crippen molar-refractivity contribution in [2.75, 3.05) is 0 Å². The number of pyridine rings is 1. The number of nitrogens with one attached hydrogen (secondary N) is 1. The molecule has 1 fully saturated rings. The van der Waals surface area contributed by atoms with Crippen molar-refractivity contribution in [3.8, 4) is 11.4 Å². The molecule has 4 aromatic heterocycles. The van der Waals surface area contributed by atoms with Crippen molar-refractivity contribution in [2.24, 2.45) is 0 Å². The Hall–Kier alpha value is -3.63. The first-order valence-electron chi connectivity index (χ1n) is 8.06. The Bertz CT molecular complexity index is 1110. The molecule has 5 rings (SSSR count). The van der Waals surface area contributed by atoms with E-state index in [4.69, 9.17) is 5.11 Å². The molecule has 1 aliphatic carbocycles. The molecule has 0 amide bonds. The predicted molar refractivity (Wildman–Crippen MR) is 86.4 cm³/mol. The minimum Gasteiger partial charge on any atom is -0.476 e. The average Bonchev–Trinajstić information content (AvgIpc) is 3.03. The highest BCUT2D eigenvalue weighted by molar-refractivity contribution is 5.84. The van der Waals surface area contributed by atoms with Gasteiger partial charge in [-0.1, -0.05) is 5.21 Å². The maximum Gasteiger partial charge on any atom is 0.358 e. The van der Waals surface area contributed by atoms with E-state index in [-0.39, 0.29) is 5.69 Å². The maximum absolute atomic E-state index is 10.9. The van der Waals surface area contributed by atoms with Gasteiger partial charge in [0, 0.05) is 12.4 Å². The molecule has 0 aliphatic heterocycles. The lowest BCUT2D eigenvalue weighted by atomic mass is 10.1. The van der Waals surface area contributed by atoms with Crippen molar-refractivity contribution < 1.29 is 9.90 Å². The number of H-pyrrole nitrogens is 1. The summed E-state index contributed by atoms with van der Waals surface area (Å²) in [6, 6.07) is 2.06. The highest BCUT2D eigenvalue weighted by Gasteiger charge is 2.26. The second kappa shape index (κ2) is 5.44. The highest BCUT2D eigenvalue weighted by Crippen LogP contribution is 2.41. The van der Waals surface area contributed by atoms with E-state index in [0.29, 0.717) is 23.9 Å². The van der Waals surface area contributed by atoms with Crippen LogP contribution >= 0.6 is 0 Å². The van der Waals surface area contributed by atoms with Crippen LogP contribution in [-0.4, -0.2) is 56.1 Å². The Labute approximate surface area is 145 Å². The zero-order valence-electron chi connectivity index (χ0n) is 13.4. The van der Waals surface area contributed by atoms with E-state index in [9.17, 15) is 4.79 Å². The van der Waals surface area contributed by atoms with E-state index in [0.717, 1.165) is 11.3 Å².